The second-order valence-corrected chi connectivity index (χ2v) is 13.3. The fourth-order valence-electron chi connectivity index (χ4n) is 5.67. The minimum atomic E-state index is -4.30. The maximum atomic E-state index is 14.3. The summed E-state index contributed by atoms with van der Waals surface area (Å²) >= 11 is 0. The number of amides is 2. The number of anilines is 1. The van der Waals surface area contributed by atoms with Crippen LogP contribution >= 0.6 is 0 Å². The molecule has 0 unspecified atom stereocenters. The zero-order chi connectivity index (χ0) is 33.3. The molecule has 1 aliphatic carbocycles. The number of rotatable bonds is 14. The highest BCUT2D eigenvalue weighted by Crippen LogP contribution is 2.33. The number of hydrogen-bond acceptors (Lipinski definition) is 7. The number of carbonyl (C=O) groups is 2. The van der Waals surface area contributed by atoms with Gasteiger partial charge in [-0.2, -0.15) is 0 Å². The molecule has 248 valence electrons. The van der Waals surface area contributed by atoms with E-state index in [-0.39, 0.29) is 34.8 Å². The number of nitrogens with zero attached hydrogens (tertiary/aromatic N) is 2. The van der Waals surface area contributed by atoms with Crippen LogP contribution in [0, 0.1) is 6.92 Å². The van der Waals surface area contributed by atoms with Gasteiger partial charge in [-0.05, 0) is 75.6 Å². The van der Waals surface area contributed by atoms with Crippen molar-refractivity contribution < 1.29 is 32.2 Å². The van der Waals surface area contributed by atoms with Crippen LogP contribution in [0.4, 0.5) is 5.69 Å². The predicted molar refractivity (Wildman–Crippen MR) is 178 cm³/mol. The number of benzene rings is 3. The highest BCUT2D eigenvalue weighted by atomic mass is 32.2. The van der Waals surface area contributed by atoms with Gasteiger partial charge in [0.25, 0.3) is 10.0 Å². The summed E-state index contributed by atoms with van der Waals surface area (Å²) in [5.41, 5.74) is 2.11. The lowest BCUT2D eigenvalue weighted by atomic mass is 9.95. The van der Waals surface area contributed by atoms with E-state index in [1.807, 2.05) is 38.1 Å². The van der Waals surface area contributed by atoms with Gasteiger partial charge >= 0.3 is 0 Å². The zero-order valence-electron chi connectivity index (χ0n) is 27.3. The Morgan fingerprint density at radius 1 is 0.935 bits per heavy atom. The summed E-state index contributed by atoms with van der Waals surface area (Å²) in [7, 11) is -1.42. The molecular weight excluding hydrogens is 606 g/mol. The molecule has 3 aromatic rings. The van der Waals surface area contributed by atoms with E-state index in [2.05, 4.69) is 5.32 Å². The van der Waals surface area contributed by atoms with Crippen molar-refractivity contribution in [2.75, 3.05) is 31.7 Å². The molecular formula is C35H45N3O7S. The summed E-state index contributed by atoms with van der Waals surface area (Å²) < 4.78 is 45.9. The molecule has 1 saturated carbocycles. The van der Waals surface area contributed by atoms with Crippen LogP contribution in [-0.2, 0) is 26.2 Å². The molecule has 0 heterocycles. The number of hydrogen-bond donors (Lipinski definition) is 1. The quantitative estimate of drug-likeness (QED) is 0.246. The first-order chi connectivity index (χ1) is 22.1. The van der Waals surface area contributed by atoms with E-state index in [4.69, 9.17) is 14.2 Å². The van der Waals surface area contributed by atoms with Crippen molar-refractivity contribution in [2.45, 2.75) is 76.4 Å². The van der Waals surface area contributed by atoms with Gasteiger partial charge < -0.3 is 24.4 Å². The molecule has 0 spiro atoms. The molecule has 1 fully saturated rings. The van der Waals surface area contributed by atoms with Crippen LogP contribution in [0.2, 0.25) is 0 Å². The van der Waals surface area contributed by atoms with Crippen LogP contribution in [0.3, 0.4) is 0 Å². The minimum absolute atomic E-state index is 0.0606. The maximum absolute atomic E-state index is 14.3. The number of aryl methyl sites for hydroxylation is 1. The SMILES string of the molecule is CCOc1ccc(N(CC(=O)N(Cc2cccc(C)c2)[C@H](C)C(=O)NC2CCCCC2)S(=O)(=O)c2ccc(OC)c(OC)c2)cc1. The molecule has 3 aromatic carbocycles. The monoisotopic (exact) mass is 651 g/mol. The van der Waals surface area contributed by atoms with E-state index in [0.29, 0.717) is 18.1 Å². The zero-order valence-corrected chi connectivity index (χ0v) is 28.1. The van der Waals surface area contributed by atoms with Gasteiger partial charge in [0.2, 0.25) is 11.8 Å². The van der Waals surface area contributed by atoms with E-state index in [1.165, 1.54) is 37.3 Å². The van der Waals surface area contributed by atoms with Crippen LogP contribution in [0.5, 0.6) is 17.2 Å². The summed E-state index contributed by atoms with van der Waals surface area (Å²) in [5, 5.41) is 3.13. The van der Waals surface area contributed by atoms with Gasteiger partial charge in [0, 0.05) is 18.7 Å². The first kappa shape index (κ1) is 34.6. The molecule has 0 saturated heterocycles. The highest BCUT2D eigenvalue weighted by Gasteiger charge is 2.33. The van der Waals surface area contributed by atoms with Crippen molar-refractivity contribution in [1.82, 2.24) is 10.2 Å². The van der Waals surface area contributed by atoms with E-state index >= 15 is 0 Å². The van der Waals surface area contributed by atoms with Crippen molar-refractivity contribution in [3.05, 3.63) is 77.9 Å². The minimum Gasteiger partial charge on any atom is -0.494 e. The van der Waals surface area contributed by atoms with Crippen LogP contribution in [0.1, 0.15) is 57.1 Å². The number of methoxy groups -OCH3 is 2. The Balaban J connectivity index is 1.72. The van der Waals surface area contributed by atoms with Gasteiger partial charge in [0.15, 0.2) is 11.5 Å². The number of sulfonamides is 1. The van der Waals surface area contributed by atoms with E-state index in [9.17, 15) is 18.0 Å². The smallest absolute Gasteiger partial charge is 0.264 e. The summed E-state index contributed by atoms with van der Waals surface area (Å²) in [4.78, 5) is 29.2. The Hall–Kier alpha value is -4.25. The third-order valence-corrected chi connectivity index (χ3v) is 9.98. The van der Waals surface area contributed by atoms with E-state index in [1.54, 1.807) is 31.2 Å². The lowest BCUT2D eigenvalue weighted by Gasteiger charge is -2.33. The Kier molecular flexibility index (Phi) is 11.9. The van der Waals surface area contributed by atoms with Crippen LogP contribution in [0.15, 0.2) is 71.6 Å². The fraction of sp³-hybridized carbons (Fsp3) is 0.429. The summed E-state index contributed by atoms with van der Waals surface area (Å²) in [6.45, 7) is 5.54. The molecule has 10 nitrogen and oxygen atoms in total. The van der Waals surface area contributed by atoms with Gasteiger partial charge in [-0.3, -0.25) is 13.9 Å². The van der Waals surface area contributed by atoms with Crippen molar-refractivity contribution in [3.8, 4) is 17.2 Å². The third kappa shape index (κ3) is 8.51. The number of carbonyl (C=O) groups excluding carboxylic acids is 2. The summed E-state index contributed by atoms with van der Waals surface area (Å²) in [6.07, 6.45) is 5.06. The Morgan fingerprint density at radius 3 is 2.26 bits per heavy atom. The molecule has 1 N–H and O–H groups in total. The molecule has 0 aliphatic heterocycles. The van der Waals surface area contributed by atoms with Crippen LogP contribution in [0.25, 0.3) is 0 Å². The average molecular weight is 652 g/mol. The van der Waals surface area contributed by atoms with Crippen molar-refractivity contribution in [2.24, 2.45) is 0 Å². The topological polar surface area (TPSA) is 114 Å². The first-order valence-electron chi connectivity index (χ1n) is 15.7. The standard InChI is InChI=1S/C35H45N3O7S/c1-6-45-30-17-15-29(16-18-30)38(46(41,42)31-19-20-32(43-4)33(22-31)44-5)24-34(39)37(23-27-12-10-11-25(2)21-27)26(3)35(40)36-28-13-8-7-9-14-28/h10-12,15-22,26,28H,6-9,13-14,23-24H2,1-5H3,(H,36,40)/t26-/m1/s1. The van der Waals surface area contributed by atoms with Crippen LogP contribution in [-0.4, -0.2) is 64.6 Å². The summed E-state index contributed by atoms with van der Waals surface area (Å²) in [6, 6.07) is 17.7. The van der Waals surface area contributed by atoms with Gasteiger partial charge in [-0.15, -0.1) is 0 Å². The van der Waals surface area contributed by atoms with Gasteiger partial charge in [0.05, 0.1) is 31.4 Å². The Labute approximate surface area is 272 Å². The molecule has 4 rings (SSSR count). The second kappa shape index (κ2) is 15.8. The predicted octanol–water partition coefficient (Wildman–Crippen LogP) is 5.47. The molecule has 0 bridgehead atoms. The van der Waals surface area contributed by atoms with Crippen LogP contribution < -0.4 is 23.8 Å². The molecule has 0 aromatic heterocycles. The lowest BCUT2D eigenvalue weighted by molar-refractivity contribution is -0.139. The normalized spacial score (nSPS) is 14.2. The number of nitrogens with one attached hydrogen (secondary N) is 1. The highest BCUT2D eigenvalue weighted by molar-refractivity contribution is 7.92. The van der Waals surface area contributed by atoms with Crippen molar-refractivity contribution in [3.63, 3.8) is 0 Å². The molecule has 2 amide bonds. The van der Waals surface area contributed by atoms with Gasteiger partial charge in [0.1, 0.15) is 18.3 Å². The summed E-state index contributed by atoms with van der Waals surface area (Å²) in [5.74, 6) is 0.382. The molecule has 46 heavy (non-hydrogen) atoms. The fourth-order valence-corrected chi connectivity index (χ4v) is 7.10. The molecule has 0 radical (unpaired) electrons. The van der Waals surface area contributed by atoms with Crippen molar-refractivity contribution in [1.29, 1.82) is 0 Å². The van der Waals surface area contributed by atoms with Gasteiger partial charge in [-0.25, -0.2) is 8.42 Å². The third-order valence-electron chi connectivity index (χ3n) is 8.21. The maximum Gasteiger partial charge on any atom is 0.264 e. The average Bonchev–Trinajstić information content (AvgIpc) is 3.06. The molecule has 11 heteroatoms. The largest absolute Gasteiger partial charge is 0.494 e. The number of ether oxygens (including phenoxy) is 3. The van der Waals surface area contributed by atoms with Crippen molar-refractivity contribution >= 4 is 27.5 Å². The first-order valence-corrected chi connectivity index (χ1v) is 17.1. The van der Waals surface area contributed by atoms with E-state index < -0.39 is 28.5 Å². The Bertz CT molecular complexity index is 1590. The van der Waals surface area contributed by atoms with E-state index in [0.717, 1.165) is 47.5 Å². The molecule has 1 aliphatic rings. The molecule has 1 atom stereocenters. The second-order valence-electron chi connectivity index (χ2n) is 11.5. The Morgan fingerprint density at radius 2 is 1.63 bits per heavy atom. The van der Waals surface area contributed by atoms with Gasteiger partial charge in [-0.1, -0.05) is 49.1 Å². The lowest BCUT2D eigenvalue weighted by Crippen LogP contribution is -2.53.